The molecular formula is C10H7F3N4O2. The van der Waals surface area contributed by atoms with Crippen molar-refractivity contribution in [2.24, 2.45) is 0 Å². The maximum Gasteiger partial charge on any atom is 0.416 e. The van der Waals surface area contributed by atoms with Crippen molar-refractivity contribution in [3.8, 4) is 0 Å². The predicted molar refractivity (Wildman–Crippen MR) is 60.0 cm³/mol. The van der Waals surface area contributed by atoms with Crippen molar-refractivity contribution in [2.45, 2.75) is 6.18 Å². The molecule has 0 atom stereocenters. The average Bonchev–Trinajstić information content (AvgIpc) is 2.80. The molecule has 0 radical (unpaired) electrons. The van der Waals surface area contributed by atoms with Crippen molar-refractivity contribution in [3.05, 3.63) is 46.3 Å². The summed E-state index contributed by atoms with van der Waals surface area (Å²) in [5.41, 5.74) is -1.37. The highest BCUT2D eigenvalue weighted by atomic mass is 19.4. The van der Waals surface area contributed by atoms with Crippen molar-refractivity contribution in [2.75, 3.05) is 5.32 Å². The molecule has 0 aliphatic rings. The Hall–Kier alpha value is -2.58. The Kier molecular flexibility index (Phi) is 3.11. The normalized spacial score (nSPS) is 11.3. The summed E-state index contributed by atoms with van der Waals surface area (Å²) in [6, 6.07) is 2.27. The quantitative estimate of drug-likeness (QED) is 0.664. The van der Waals surface area contributed by atoms with E-state index in [9.17, 15) is 23.3 Å². The Labute approximate surface area is 104 Å². The van der Waals surface area contributed by atoms with Crippen LogP contribution in [0, 0.1) is 10.1 Å². The first-order valence-electron chi connectivity index (χ1n) is 4.99. The van der Waals surface area contributed by atoms with Crippen LogP contribution in [0.5, 0.6) is 0 Å². The number of aromatic amines is 1. The van der Waals surface area contributed by atoms with Crippen molar-refractivity contribution in [1.82, 2.24) is 10.2 Å². The highest BCUT2D eigenvalue weighted by Crippen LogP contribution is 2.35. The van der Waals surface area contributed by atoms with Gasteiger partial charge < -0.3 is 5.32 Å². The molecule has 0 bridgehead atoms. The van der Waals surface area contributed by atoms with Gasteiger partial charge in [-0.2, -0.15) is 18.3 Å². The number of alkyl halides is 3. The predicted octanol–water partition coefficient (Wildman–Crippen LogP) is 3.08. The fraction of sp³-hybridized carbons (Fsp3) is 0.100. The third-order valence-corrected chi connectivity index (χ3v) is 2.30. The van der Waals surface area contributed by atoms with Gasteiger partial charge in [-0.3, -0.25) is 15.2 Å². The third-order valence-electron chi connectivity index (χ3n) is 2.30. The Balaban J connectivity index is 2.41. The van der Waals surface area contributed by atoms with Gasteiger partial charge in [-0.15, -0.1) is 0 Å². The second-order valence-corrected chi connectivity index (χ2v) is 3.60. The molecule has 0 fully saturated rings. The third kappa shape index (κ3) is 2.81. The van der Waals surface area contributed by atoms with Gasteiger partial charge in [-0.1, -0.05) is 0 Å². The smallest absolute Gasteiger partial charge is 0.347 e. The van der Waals surface area contributed by atoms with Crippen LogP contribution in [-0.2, 0) is 6.18 Å². The molecule has 1 aromatic carbocycles. The molecule has 19 heavy (non-hydrogen) atoms. The molecule has 0 unspecified atom stereocenters. The Bertz CT molecular complexity index is 595. The van der Waals surface area contributed by atoms with Gasteiger partial charge in [0.25, 0.3) is 5.69 Å². The fourth-order valence-electron chi connectivity index (χ4n) is 1.44. The van der Waals surface area contributed by atoms with Crippen molar-refractivity contribution < 1.29 is 18.1 Å². The van der Waals surface area contributed by atoms with E-state index in [4.69, 9.17) is 0 Å². The molecule has 6 nitrogen and oxygen atoms in total. The molecule has 0 aliphatic heterocycles. The molecule has 100 valence electrons. The van der Waals surface area contributed by atoms with E-state index >= 15 is 0 Å². The van der Waals surface area contributed by atoms with E-state index in [1.165, 1.54) is 12.4 Å². The average molecular weight is 272 g/mol. The first-order valence-corrected chi connectivity index (χ1v) is 4.99. The van der Waals surface area contributed by atoms with Gasteiger partial charge in [0, 0.05) is 12.3 Å². The maximum atomic E-state index is 12.5. The van der Waals surface area contributed by atoms with Crippen molar-refractivity contribution in [3.63, 3.8) is 0 Å². The van der Waals surface area contributed by atoms with E-state index < -0.39 is 22.4 Å². The van der Waals surface area contributed by atoms with Gasteiger partial charge in [-0.05, 0) is 12.1 Å². The van der Waals surface area contributed by atoms with Crippen LogP contribution in [0.3, 0.4) is 0 Å². The zero-order valence-electron chi connectivity index (χ0n) is 9.23. The van der Waals surface area contributed by atoms with Crippen LogP contribution < -0.4 is 5.32 Å². The van der Waals surface area contributed by atoms with E-state index in [0.29, 0.717) is 11.8 Å². The van der Waals surface area contributed by atoms with Crippen LogP contribution in [0.4, 0.5) is 30.2 Å². The molecule has 1 aromatic heterocycles. The lowest BCUT2D eigenvalue weighted by Gasteiger charge is -2.09. The summed E-state index contributed by atoms with van der Waals surface area (Å²) in [7, 11) is 0. The van der Waals surface area contributed by atoms with E-state index in [0.717, 1.165) is 12.1 Å². The van der Waals surface area contributed by atoms with Gasteiger partial charge in [0.15, 0.2) is 0 Å². The number of H-pyrrole nitrogens is 1. The number of hydrogen-bond donors (Lipinski definition) is 2. The summed E-state index contributed by atoms with van der Waals surface area (Å²) < 4.78 is 37.4. The molecule has 2 N–H and O–H groups in total. The van der Waals surface area contributed by atoms with Gasteiger partial charge in [0.1, 0.15) is 5.69 Å². The first kappa shape index (κ1) is 12.9. The van der Waals surface area contributed by atoms with Crippen molar-refractivity contribution >= 4 is 17.1 Å². The summed E-state index contributed by atoms with van der Waals surface area (Å²) in [6.07, 6.45) is -1.86. The molecule has 2 rings (SSSR count). The lowest BCUT2D eigenvalue weighted by molar-refractivity contribution is -0.384. The molecule has 0 saturated heterocycles. The number of nitrogens with one attached hydrogen (secondary N) is 2. The standard InChI is InChI=1S/C10H7F3N4O2/c11-10(12,13)6-1-2-8(9(3-6)17(18)19)16-7-4-14-15-5-7/h1-5,16H,(H,14,15). The van der Waals surface area contributed by atoms with Gasteiger partial charge >= 0.3 is 6.18 Å². The highest BCUT2D eigenvalue weighted by molar-refractivity contribution is 5.69. The van der Waals surface area contributed by atoms with Gasteiger partial charge in [0.05, 0.1) is 22.4 Å². The van der Waals surface area contributed by atoms with E-state index in [1.807, 2.05) is 0 Å². The molecule has 0 aliphatic carbocycles. The number of hydrogen-bond acceptors (Lipinski definition) is 4. The Morgan fingerprint density at radius 2 is 2.11 bits per heavy atom. The van der Waals surface area contributed by atoms with Gasteiger partial charge in [-0.25, -0.2) is 0 Å². The largest absolute Gasteiger partial charge is 0.416 e. The lowest BCUT2D eigenvalue weighted by Crippen LogP contribution is -2.06. The zero-order chi connectivity index (χ0) is 14.0. The van der Waals surface area contributed by atoms with Crippen LogP contribution in [-0.4, -0.2) is 15.1 Å². The number of nitro benzene ring substituents is 1. The second-order valence-electron chi connectivity index (χ2n) is 3.60. The lowest BCUT2D eigenvalue weighted by atomic mass is 10.1. The highest BCUT2D eigenvalue weighted by Gasteiger charge is 2.33. The Morgan fingerprint density at radius 1 is 1.37 bits per heavy atom. The van der Waals surface area contributed by atoms with Crippen LogP contribution in [0.2, 0.25) is 0 Å². The summed E-state index contributed by atoms with van der Waals surface area (Å²) in [5.74, 6) is 0. The molecular weight excluding hydrogens is 265 g/mol. The molecule has 0 spiro atoms. The van der Waals surface area contributed by atoms with E-state index in [-0.39, 0.29) is 5.69 Å². The molecule has 0 saturated carbocycles. The molecule has 1 heterocycles. The first-order chi connectivity index (χ1) is 8.88. The number of nitro groups is 1. The topological polar surface area (TPSA) is 83.8 Å². The van der Waals surface area contributed by atoms with E-state index in [2.05, 4.69) is 15.5 Å². The van der Waals surface area contributed by atoms with Crippen molar-refractivity contribution in [1.29, 1.82) is 0 Å². The number of rotatable bonds is 3. The summed E-state index contributed by atoms with van der Waals surface area (Å²) in [6.45, 7) is 0. The molecule has 0 amide bonds. The Morgan fingerprint density at radius 3 is 2.63 bits per heavy atom. The number of nitrogens with zero attached hydrogens (tertiary/aromatic N) is 2. The molecule has 9 heteroatoms. The minimum Gasteiger partial charge on any atom is -0.347 e. The summed E-state index contributed by atoms with van der Waals surface area (Å²) in [5, 5.41) is 19.5. The number of benzene rings is 1. The maximum absolute atomic E-state index is 12.5. The van der Waals surface area contributed by atoms with Crippen LogP contribution >= 0.6 is 0 Å². The fourth-order valence-corrected chi connectivity index (χ4v) is 1.44. The monoisotopic (exact) mass is 272 g/mol. The van der Waals surface area contributed by atoms with Crippen LogP contribution in [0.1, 0.15) is 5.56 Å². The molecule has 2 aromatic rings. The minimum atomic E-state index is -4.63. The van der Waals surface area contributed by atoms with Crippen LogP contribution in [0.25, 0.3) is 0 Å². The SMILES string of the molecule is O=[N+]([O-])c1cc(C(F)(F)F)ccc1Nc1cn[nH]c1. The summed E-state index contributed by atoms with van der Waals surface area (Å²) >= 11 is 0. The number of halogens is 3. The van der Waals surface area contributed by atoms with Crippen LogP contribution in [0.15, 0.2) is 30.6 Å². The number of aromatic nitrogens is 2. The number of anilines is 2. The summed E-state index contributed by atoms with van der Waals surface area (Å²) in [4.78, 5) is 9.93. The van der Waals surface area contributed by atoms with E-state index in [1.54, 1.807) is 0 Å². The second kappa shape index (κ2) is 4.59. The minimum absolute atomic E-state index is 0.0422. The van der Waals surface area contributed by atoms with Gasteiger partial charge in [0.2, 0.25) is 0 Å². The zero-order valence-corrected chi connectivity index (χ0v) is 9.23.